The molecule has 0 saturated carbocycles. The van der Waals surface area contributed by atoms with Crippen molar-refractivity contribution in [2.45, 2.75) is 45.0 Å². The quantitative estimate of drug-likeness (QED) is 0.653. The molecule has 1 fully saturated rings. The van der Waals surface area contributed by atoms with Crippen molar-refractivity contribution >= 4 is 0 Å². The zero-order valence-corrected chi connectivity index (χ0v) is 7.88. The maximum absolute atomic E-state index is 8.59. The van der Waals surface area contributed by atoms with E-state index in [1.54, 1.807) is 0 Å². The molecule has 3 nitrogen and oxygen atoms in total. The van der Waals surface area contributed by atoms with Gasteiger partial charge in [-0.25, -0.2) is 0 Å². The Morgan fingerprint density at radius 2 is 2.25 bits per heavy atom. The van der Waals surface area contributed by atoms with Gasteiger partial charge in [0.2, 0.25) is 0 Å². The molecule has 1 N–H and O–H groups in total. The standard InChI is InChI=1S/C9H18O3/c1-8-7-11-9(2,12-8)5-3-4-6-10/h8,10H,3-7H2,1-2H3. The number of unbranched alkanes of at least 4 members (excludes halogenated alkanes) is 1. The van der Waals surface area contributed by atoms with Crippen LogP contribution < -0.4 is 0 Å². The molecule has 0 aromatic heterocycles. The molecule has 0 amide bonds. The average molecular weight is 174 g/mol. The zero-order valence-electron chi connectivity index (χ0n) is 7.88. The molecule has 0 aliphatic carbocycles. The summed E-state index contributed by atoms with van der Waals surface area (Å²) in [5.74, 6) is -0.394. The summed E-state index contributed by atoms with van der Waals surface area (Å²) in [5.41, 5.74) is 0. The predicted octanol–water partition coefficient (Wildman–Crippen LogP) is 1.30. The summed E-state index contributed by atoms with van der Waals surface area (Å²) in [4.78, 5) is 0. The van der Waals surface area contributed by atoms with Gasteiger partial charge in [-0.2, -0.15) is 0 Å². The van der Waals surface area contributed by atoms with Crippen LogP contribution in [0.4, 0.5) is 0 Å². The molecule has 1 aliphatic rings. The van der Waals surface area contributed by atoms with E-state index in [1.165, 1.54) is 0 Å². The highest BCUT2D eigenvalue weighted by Crippen LogP contribution is 2.27. The third-order valence-electron chi connectivity index (χ3n) is 2.11. The van der Waals surface area contributed by atoms with Crippen LogP contribution in [-0.4, -0.2) is 30.2 Å². The van der Waals surface area contributed by atoms with E-state index >= 15 is 0 Å². The minimum absolute atomic E-state index is 0.212. The molecule has 1 heterocycles. The van der Waals surface area contributed by atoms with Crippen LogP contribution in [0.25, 0.3) is 0 Å². The molecule has 2 unspecified atom stereocenters. The molecular formula is C9H18O3. The van der Waals surface area contributed by atoms with Crippen LogP contribution in [0.3, 0.4) is 0 Å². The van der Waals surface area contributed by atoms with Crippen molar-refractivity contribution in [2.75, 3.05) is 13.2 Å². The summed E-state index contributed by atoms with van der Waals surface area (Å²) in [5, 5.41) is 8.59. The van der Waals surface area contributed by atoms with Crippen molar-refractivity contribution in [3.63, 3.8) is 0 Å². The minimum atomic E-state index is -0.394. The first kappa shape index (κ1) is 9.96. The highest BCUT2D eigenvalue weighted by atomic mass is 16.7. The fraction of sp³-hybridized carbons (Fsp3) is 1.00. The third kappa shape index (κ3) is 2.73. The Hall–Kier alpha value is -0.120. The van der Waals surface area contributed by atoms with Gasteiger partial charge in [0.05, 0.1) is 12.7 Å². The molecular weight excluding hydrogens is 156 g/mol. The number of aliphatic hydroxyl groups excluding tert-OH is 1. The van der Waals surface area contributed by atoms with Gasteiger partial charge in [-0.15, -0.1) is 0 Å². The maximum Gasteiger partial charge on any atom is 0.166 e. The summed E-state index contributed by atoms with van der Waals surface area (Å²) in [6.07, 6.45) is 2.87. The Morgan fingerprint density at radius 3 is 2.75 bits per heavy atom. The molecule has 12 heavy (non-hydrogen) atoms. The predicted molar refractivity (Wildman–Crippen MR) is 45.8 cm³/mol. The number of hydrogen-bond acceptors (Lipinski definition) is 3. The van der Waals surface area contributed by atoms with E-state index in [4.69, 9.17) is 14.6 Å². The van der Waals surface area contributed by atoms with Crippen molar-refractivity contribution in [2.24, 2.45) is 0 Å². The van der Waals surface area contributed by atoms with Gasteiger partial charge in [0.15, 0.2) is 5.79 Å². The van der Waals surface area contributed by atoms with Crippen molar-refractivity contribution in [3.8, 4) is 0 Å². The smallest absolute Gasteiger partial charge is 0.166 e. The first-order chi connectivity index (χ1) is 5.66. The Balaban J connectivity index is 2.21. The van der Waals surface area contributed by atoms with Crippen molar-refractivity contribution < 1.29 is 14.6 Å². The lowest BCUT2D eigenvalue weighted by atomic mass is 10.1. The molecule has 2 atom stereocenters. The Bertz CT molecular complexity index is 138. The van der Waals surface area contributed by atoms with E-state index in [0.29, 0.717) is 6.61 Å². The van der Waals surface area contributed by atoms with Gasteiger partial charge >= 0.3 is 0 Å². The molecule has 0 aromatic rings. The van der Waals surface area contributed by atoms with Gasteiger partial charge in [-0.3, -0.25) is 0 Å². The molecule has 0 aromatic carbocycles. The summed E-state index contributed by atoms with van der Waals surface area (Å²) in [6, 6.07) is 0. The van der Waals surface area contributed by atoms with E-state index in [9.17, 15) is 0 Å². The lowest BCUT2D eigenvalue weighted by Gasteiger charge is -2.22. The summed E-state index contributed by atoms with van der Waals surface area (Å²) < 4.78 is 11.1. The first-order valence-corrected chi connectivity index (χ1v) is 4.59. The van der Waals surface area contributed by atoms with Crippen LogP contribution >= 0.6 is 0 Å². The van der Waals surface area contributed by atoms with Crippen molar-refractivity contribution in [3.05, 3.63) is 0 Å². The fourth-order valence-electron chi connectivity index (χ4n) is 1.48. The van der Waals surface area contributed by atoms with Gasteiger partial charge < -0.3 is 14.6 Å². The van der Waals surface area contributed by atoms with Crippen molar-refractivity contribution in [1.29, 1.82) is 0 Å². The van der Waals surface area contributed by atoms with Crippen molar-refractivity contribution in [1.82, 2.24) is 0 Å². The van der Waals surface area contributed by atoms with Crippen LogP contribution in [0.2, 0.25) is 0 Å². The van der Waals surface area contributed by atoms with E-state index < -0.39 is 5.79 Å². The molecule has 72 valence electrons. The second-order valence-corrected chi connectivity index (χ2v) is 3.55. The molecule has 1 rings (SSSR count). The molecule has 3 heteroatoms. The lowest BCUT2D eigenvalue weighted by molar-refractivity contribution is -0.157. The monoisotopic (exact) mass is 174 g/mol. The largest absolute Gasteiger partial charge is 0.396 e. The fourth-order valence-corrected chi connectivity index (χ4v) is 1.48. The van der Waals surface area contributed by atoms with E-state index in [0.717, 1.165) is 19.3 Å². The van der Waals surface area contributed by atoms with Crippen LogP contribution in [0.1, 0.15) is 33.1 Å². The second-order valence-electron chi connectivity index (χ2n) is 3.55. The minimum Gasteiger partial charge on any atom is -0.396 e. The van der Waals surface area contributed by atoms with Crippen LogP contribution in [0.5, 0.6) is 0 Å². The summed E-state index contributed by atoms with van der Waals surface area (Å²) in [7, 11) is 0. The van der Waals surface area contributed by atoms with Crippen LogP contribution in [-0.2, 0) is 9.47 Å². The summed E-state index contributed by atoms with van der Waals surface area (Å²) >= 11 is 0. The Morgan fingerprint density at radius 1 is 1.50 bits per heavy atom. The van der Waals surface area contributed by atoms with Gasteiger partial charge in [0, 0.05) is 13.0 Å². The number of ether oxygens (including phenoxy) is 2. The van der Waals surface area contributed by atoms with E-state index in [2.05, 4.69) is 0 Å². The average Bonchev–Trinajstić information content (AvgIpc) is 2.32. The van der Waals surface area contributed by atoms with Crippen LogP contribution in [0.15, 0.2) is 0 Å². The van der Waals surface area contributed by atoms with E-state index in [-0.39, 0.29) is 12.7 Å². The normalized spacial score (nSPS) is 35.8. The molecule has 1 saturated heterocycles. The topological polar surface area (TPSA) is 38.7 Å². The van der Waals surface area contributed by atoms with Gasteiger partial charge in [0.25, 0.3) is 0 Å². The number of rotatable bonds is 4. The van der Waals surface area contributed by atoms with E-state index in [1.807, 2.05) is 13.8 Å². The van der Waals surface area contributed by atoms with Gasteiger partial charge in [0.1, 0.15) is 0 Å². The number of hydrogen-bond donors (Lipinski definition) is 1. The molecule has 1 aliphatic heterocycles. The lowest BCUT2D eigenvalue weighted by Crippen LogP contribution is -2.26. The highest BCUT2D eigenvalue weighted by Gasteiger charge is 2.34. The zero-order chi connectivity index (χ0) is 9.03. The molecule has 0 bridgehead atoms. The van der Waals surface area contributed by atoms with Gasteiger partial charge in [-0.1, -0.05) is 0 Å². The van der Waals surface area contributed by atoms with Gasteiger partial charge in [-0.05, 0) is 26.7 Å². The number of aliphatic hydroxyl groups is 1. The first-order valence-electron chi connectivity index (χ1n) is 4.59. The molecule has 0 radical (unpaired) electrons. The maximum atomic E-state index is 8.59. The highest BCUT2D eigenvalue weighted by molar-refractivity contribution is 4.72. The Kier molecular flexibility index (Phi) is 3.50. The summed E-state index contributed by atoms with van der Waals surface area (Å²) in [6.45, 7) is 4.92. The SMILES string of the molecule is CC1COC(C)(CCCCO)O1. The van der Waals surface area contributed by atoms with Crippen LogP contribution in [0, 0.1) is 0 Å². The third-order valence-corrected chi connectivity index (χ3v) is 2.11. The molecule has 0 spiro atoms. The second kappa shape index (κ2) is 4.21. The Labute approximate surface area is 73.7 Å².